The van der Waals surface area contributed by atoms with Crippen LogP contribution in [-0.2, 0) is 10.0 Å². The molecule has 0 aliphatic rings. The summed E-state index contributed by atoms with van der Waals surface area (Å²) in [6.07, 6.45) is 3.21. The van der Waals surface area contributed by atoms with Gasteiger partial charge in [-0.05, 0) is 48.5 Å². The first kappa shape index (κ1) is 17.7. The van der Waals surface area contributed by atoms with Crippen LogP contribution < -0.4 is 4.72 Å². The van der Waals surface area contributed by atoms with Crippen LogP contribution >= 0.6 is 0 Å². The van der Waals surface area contributed by atoms with E-state index in [0.717, 1.165) is 0 Å². The Balaban J connectivity index is 1.71. The predicted octanol–water partition coefficient (Wildman–Crippen LogP) is 3.39. The fourth-order valence-corrected chi connectivity index (χ4v) is 3.70. The summed E-state index contributed by atoms with van der Waals surface area (Å²) < 4.78 is 33.6. The number of sulfonamides is 1. The number of carboxylic acid groups (broad SMARTS) is 1. The van der Waals surface area contributed by atoms with Gasteiger partial charge in [0.25, 0.3) is 10.0 Å². The van der Waals surface area contributed by atoms with Crippen LogP contribution in [0.4, 0.5) is 5.69 Å². The lowest BCUT2D eigenvalue weighted by molar-refractivity contribution is 0.0696. The minimum absolute atomic E-state index is 0.000421. The van der Waals surface area contributed by atoms with Crippen molar-refractivity contribution in [2.45, 2.75) is 4.90 Å². The van der Waals surface area contributed by atoms with E-state index in [9.17, 15) is 13.2 Å². The SMILES string of the molecule is O=C(O)c1ccc(S(=O)(=O)Nc2cccc3oc(-c4ccncc4)nc23)cc1. The molecule has 0 aliphatic heterocycles. The number of para-hydroxylation sites is 1. The summed E-state index contributed by atoms with van der Waals surface area (Å²) in [5.74, 6) is -0.789. The van der Waals surface area contributed by atoms with E-state index in [4.69, 9.17) is 9.52 Å². The van der Waals surface area contributed by atoms with Crippen LogP contribution in [-0.4, -0.2) is 29.5 Å². The maximum Gasteiger partial charge on any atom is 0.335 e. The zero-order valence-corrected chi connectivity index (χ0v) is 15.1. The van der Waals surface area contributed by atoms with Crippen molar-refractivity contribution in [3.8, 4) is 11.5 Å². The van der Waals surface area contributed by atoms with Gasteiger partial charge in [-0.25, -0.2) is 18.2 Å². The highest BCUT2D eigenvalue weighted by Crippen LogP contribution is 2.29. The third kappa shape index (κ3) is 3.30. The second kappa shape index (κ2) is 6.78. The number of fused-ring (bicyclic) bond motifs is 1. The summed E-state index contributed by atoms with van der Waals surface area (Å²) >= 11 is 0. The molecule has 140 valence electrons. The van der Waals surface area contributed by atoms with E-state index < -0.39 is 16.0 Å². The number of carbonyl (C=O) groups is 1. The first-order chi connectivity index (χ1) is 13.4. The van der Waals surface area contributed by atoms with Crippen molar-refractivity contribution in [1.29, 1.82) is 0 Å². The van der Waals surface area contributed by atoms with E-state index in [-0.39, 0.29) is 16.1 Å². The largest absolute Gasteiger partial charge is 0.478 e. The van der Waals surface area contributed by atoms with E-state index in [1.165, 1.54) is 24.3 Å². The molecule has 2 aromatic carbocycles. The minimum atomic E-state index is -3.94. The van der Waals surface area contributed by atoms with Gasteiger partial charge in [-0.15, -0.1) is 0 Å². The van der Waals surface area contributed by atoms with Crippen LogP contribution in [0, 0.1) is 0 Å². The van der Waals surface area contributed by atoms with Crippen molar-refractivity contribution in [2.24, 2.45) is 0 Å². The summed E-state index contributed by atoms with van der Waals surface area (Å²) in [6, 6.07) is 13.3. The van der Waals surface area contributed by atoms with Gasteiger partial charge in [-0.1, -0.05) is 6.07 Å². The molecule has 0 unspecified atom stereocenters. The lowest BCUT2D eigenvalue weighted by atomic mass is 10.2. The standard InChI is InChI=1S/C19H13N3O5S/c23-19(24)13-4-6-14(7-5-13)28(25,26)22-15-2-1-3-16-17(15)21-18(27-16)12-8-10-20-11-9-12/h1-11,22H,(H,23,24). The van der Waals surface area contributed by atoms with Gasteiger partial charge in [-0.3, -0.25) is 9.71 Å². The van der Waals surface area contributed by atoms with Crippen LogP contribution in [0.15, 0.2) is 76.3 Å². The fraction of sp³-hybridized carbons (Fsp3) is 0. The number of hydrogen-bond donors (Lipinski definition) is 2. The summed E-state index contributed by atoms with van der Waals surface area (Å²) in [6.45, 7) is 0. The molecule has 28 heavy (non-hydrogen) atoms. The van der Waals surface area contributed by atoms with Crippen LogP contribution in [0.25, 0.3) is 22.6 Å². The number of oxazole rings is 1. The second-order valence-corrected chi connectivity index (χ2v) is 7.52. The zero-order chi connectivity index (χ0) is 19.7. The number of anilines is 1. The van der Waals surface area contributed by atoms with E-state index in [1.807, 2.05) is 0 Å². The lowest BCUT2D eigenvalue weighted by Gasteiger charge is -2.08. The molecular formula is C19H13N3O5S. The number of benzene rings is 2. The summed E-state index contributed by atoms with van der Waals surface area (Å²) in [7, 11) is -3.94. The Kier molecular flexibility index (Phi) is 4.28. The van der Waals surface area contributed by atoms with Gasteiger partial charge in [-0.2, -0.15) is 0 Å². The van der Waals surface area contributed by atoms with Crippen molar-refractivity contribution < 1.29 is 22.7 Å². The molecule has 0 spiro atoms. The molecule has 2 aromatic heterocycles. The molecule has 0 saturated heterocycles. The average Bonchev–Trinajstić information content (AvgIpc) is 3.14. The van der Waals surface area contributed by atoms with Gasteiger partial charge in [0, 0.05) is 18.0 Å². The Morgan fingerprint density at radius 1 is 1.00 bits per heavy atom. The van der Waals surface area contributed by atoms with Crippen molar-refractivity contribution in [3.63, 3.8) is 0 Å². The first-order valence-corrected chi connectivity index (χ1v) is 9.58. The number of pyridine rings is 1. The normalized spacial score (nSPS) is 11.4. The smallest absolute Gasteiger partial charge is 0.335 e. The van der Waals surface area contributed by atoms with Gasteiger partial charge in [0.05, 0.1) is 16.1 Å². The predicted molar refractivity (Wildman–Crippen MR) is 101 cm³/mol. The molecule has 4 rings (SSSR count). The first-order valence-electron chi connectivity index (χ1n) is 8.10. The van der Waals surface area contributed by atoms with Crippen LogP contribution in [0.3, 0.4) is 0 Å². The number of hydrogen-bond acceptors (Lipinski definition) is 6. The van der Waals surface area contributed by atoms with Gasteiger partial charge < -0.3 is 9.52 Å². The topological polar surface area (TPSA) is 122 Å². The van der Waals surface area contributed by atoms with Crippen LogP contribution in [0.2, 0.25) is 0 Å². The Bertz CT molecular complexity index is 1270. The number of rotatable bonds is 5. The van der Waals surface area contributed by atoms with Gasteiger partial charge in [0.2, 0.25) is 5.89 Å². The third-order valence-electron chi connectivity index (χ3n) is 4.00. The number of nitrogens with one attached hydrogen (secondary N) is 1. The van der Waals surface area contributed by atoms with Gasteiger partial charge >= 0.3 is 5.97 Å². The second-order valence-electron chi connectivity index (χ2n) is 5.84. The summed E-state index contributed by atoms with van der Waals surface area (Å²) in [5, 5.41) is 8.94. The zero-order valence-electron chi connectivity index (χ0n) is 14.2. The van der Waals surface area contributed by atoms with Gasteiger partial charge in [0.1, 0.15) is 5.52 Å². The van der Waals surface area contributed by atoms with Crippen molar-refractivity contribution in [2.75, 3.05) is 4.72 Å². The number of nitrogens with zero attached hydrogens (tertiary/aromatic N) is 2. The van der Waals surface area contributed by atoms with E-state index in [2.05, 4.69) is 14.7 Å². The maximum atomic E-state index is 12.7. The van der Waals surface area contributed by atoms with Crippen LogP contribution in [0.5, 0.6) is 0 Å². The highest BCUT2D eigenvalue weighted by molar-refractivity contribution is 7.92. The number of carboxylic acids is 1. The molecule has 0 atom stereocenters. The third-order valence-corrected chi connectivity index (χ3v) is 5.38. The molecule has 0 amide bonds. The summed E-state index contributed by atoms with van der Waals surface area (Å²) in [5.41, 5.74) is 1.75. The molecule has 9 heteroatoms. The molecule has 8 nitrogen and oxygen atoms in total. The van der Waals surface area contributed by atoms with Gasteiger partial charge in [0.15, 0.2) is 5.58 Å². The molecule has 4 aromatic rings. The van der Waals surface area contributed by atoms with Crippen molar-refractivity contribution in [1.82, 2.24) is 9.97 Å². The average molecular weight is 395 g/mol. The molecule has 2 N–H and O–H groups in total. The number of aromatic carboxylic acids is 1. The molecule has 0 saturated carbocycles. The van der Waals surface area contributed by atoms with Crippen molar-refractivity contribution in [3.05, 3.63) is 72.6 Å². The fourth-order valence-electron chi connectivity index (χ4n) is 2.63. The summed E-state index contributed by atoms with van der Waals surface area (Å²) in [4.78, 5) is 19.2. The Labute approximate surface area is 159 Å². The minimum Gasteiger partial charge on any atom is -0.478 e. The Hall–Kier alpha value is -3.72. The van der Waals surface area contributed by atoms with Crippen molar-refractivity contribution >= 4 is 32.8 Å². The molecule has 2 heterocycles. The highest BCUT2D eigenvalue weighted by Gasteiger charge is 2.19. The molecule has 0 aliphatic carbocycles. The van der Waals surface area contributed by atoms with E-state index in [0.29, 0.717) is 22.6 Å². The Morgan fingerprint density at radius 2 is 1.71 bits per heavy atom. The monoisotopic (exact) mass is 395 g/mol. The maximum absolute atomic E-state index is 12.7. The molecule has 0 bridgehead atoms. The quantitative estimate of drug-likeness (QED) is 0.531. The lowest BCUT2D eigenvalue weighted by Crippen LogP contribution is -2.13. The molecule has 0 radical (unpaired) electrons. The van der Waals surface area contributed by atoms with Crippen LogP contribution in [0.1, 0.15) is 10.4 Å². The van der Waals surface area contributed by atoms with E-state index in [1.54, 1.807) is 42.7 Å². The molecular weight excluding hydrogens is 382 g/mol. The number of aromatic nitrogens is 2. The highest BCUT2D eigenvalue weighted by atomic mass is 32.2. The van der Waals surface area contributed by atoms with E-state index >= 15 is 0 Å². The Morgan fingerprint density at radius 3 is 2.39 bits per heavy atom. The molecule has 0 fully saturated rings.